The molecule has 1 saturated heterocycles. The molecule has 2 aliphatic rings. The minimum atomic E-state index is 0.0911. The SMILES string of the molecule is O=C(NC1CCCCC1)C1CCN(c2nccnc2Oc2ccccc2)CC1. The Morgan fingerprint density at radius 1 is 0.964 bits per heavy atom. The van der Waals surface area contributed by atoms with Gasteiger partial charge in [0.05, 0.1) is 0 Å². The summed E-state index contributed by atoms with van der Waals surface area (Å²) in [7, 11) is 0. The van der Waals surface area contributed by atoms with Crippen LogP contribution < -0.4 is 15.0 Å². The number of hydrogen-bond donors (Lipinski definition) is 1. The van der Waals surface area contributed by atoms with E-state index < -0.39 is 0 Å². The van der Waals surface area contributed by atoms with Crippen LogP contribution in [0.4, 0.5) is 5.82 Å². The van der Waals surface area contributed by atoms with Crippen LogP contribution in [0.1, 0.15) is 44.9 Å². The summed E-state index contributed by atoms with van der Waals surface area (Å²) in [4.78, 5) is 23.7. The minimum Gasteiger partial charge on any atom is -0.436 e. The van der Waals surface area contributed by atoms with Crippen molar-refractivity contribution in [3.8, 4) is 11.6 Å². The number of anilines is 1. The van der Waals surface area contributed by atoms with Gasteiger partial charge in [0.15, 0.2) is 5.82 Å². The third kappa shape index (κ3) is 4.61. The molecule has 0 atom stereocenters. The van der Waals surface area contributed by atoms with E-state index in [1.165, 1.54) is 19.3 Å². The summed E-state index contributed by atoms with van der Waals surface area (Å²) >= 11 is 0. The molecule has 6 heteroatoms. The molecular formula is C22H28N4O2. The molecule has 1 aromatic carbocycles. The Bertz CT molecular complexity index is 769. The Hall–Kier alpha value is -2.63. The van der Waals surface area contributed by atoms with Gasteiger partial charge in [-0.2, -0.15) is 0 Å². The van der Waals surface area contributed by atoms with Crippen LogP contribution in [0.5, 0.6) is 11.6 Å². The van der Waals surface area contributed by atoms with Crippen molar-refractivity contribution >= 4 is 11.7 Å². The van der Waals surface area contributed by atoms with Crippen LogP contribution in [0, 0.1) is 5.92 Å². The first kappa shape index (κ1) is 18.7. The molecule has 1 aromatic heterocycles. The molecule has 0 spiro atoms. The lowest BCUT2D eigenvalue weighted by Gasteiger charge is -2.33. The van der Waals surface area contributed by atoms with Crippen LogP contribution >= 0.6 is 0 Å². The maximum atomic E-state index is 12.6. The van der Waals surface area contributed by atoms with Crippen LogP contribution in [0.25, 0.3) is 0 Å². The molecule has 1 aliphatic carbocycles. The van der Waals surface area contributed by atoms with Crippen molar-refractivity contribution in [3.05, 3.63) is 42.7 Å². The summed E-state index contributed by atoms with van der Waals surface area (Å²) < 4.78 is 5.94. The largest absolute Gasteiger partial charge is 0.436 e. The van der Waals surface area contributed by atoms with Crippen molar-refractivity contribution in [2.75, 3.05) is 18.0 Å². The molecule has 0 bridgehead atoms. The van der Waals surface area contributed by atoms with Gasteiger partial charge in [0.1, 0.15) is 5.75 Å². The zero-order valence-corrected chi connectivity index (χ0v) is 16.2. The number of nitrogens with one attached hydrogen (secondary N) is 1. The van der Waals surface area contributed by atoms with Crippen LogP contribution in [0.15, 0.2) is 42.7 Å². The van der Waals surface area contributed by atoms with E-state index in [4.69, 9.17) is 4.74 Å². The molecule has 6 nitrogen and oxygen atoms in total. The minimum absolute atomic E-state index is 0.0911. The number of hydrogen-bond acceptors (Lipinski definition) is 5. The zero-order chi connectivity index (χ0) is 19.2. The number of aromatic nitrogens is 2. The lowest BCUT2D eigenvalue weighted by Crippen LogP contribution is -2.44. The third-order valence-corrected chi connectivity index (χ3v) is 5.72. The van der Waals surface area contributed by atoms with Crippen molar-refractivity contribution in [2.45, 2.75) is 51.0 Å². The lowest BCUT2D eigenvalue weighted by molar-refractivity contribution is -0.126. The second-order valence-electron chi connectivity index (χ2n) is 7.71. The average molecular weight is 380 g/mol. The predicted octanol–water partition coefficient (Wildman–Crippen LogP) is 3.93. The molecule has 0 radical (unpaired) electrons. The van der Waals surface area contributed by atoms with E-state index in [0.29, 0.717) is 11.9 Å². The molecule has 1 N–H and O–H groups in total. The van der Waals surface area contributed by atoms with Gasteiger partial charge in [-0.25, -0.2) is 9.97 Å². The number of ether oxygens (including phenoxy) is 1. The number of nitrogens with zero attached hydrogens (tertiary/aromatic N) is 3. The standard InChI is InChI=1S/C22H28N4O2/c27-21(25-18-7-3-1-4-8-18)17-11-15-26(16-12-17)20-22(24-14-13-23-20)28-19-9-5-2-6-10-19/h2,5-6,9-10,13-14,17-18H,1,3-4,7-8,11-12,15-16H2,(H,25,27). The lowest BCUT2D eigenvalue weighted by atomic mass is 9.92. The highest BCUT2D eigenvalue weighted by Gasteiger charge is 2.29. The van der Waals surface area contributed by atoms with E-state index in [1.807, 2.05) is 30.3 Å². The fraction of sp³-hybridized carbons (Fsp3) is 0.500. The van der Waals surface area contributed by atoms with E-state index in [1.54, 1.807) is 12.4 Å². The smallest absolute Gasteiger partial charge is 0.263 e. The van der Waals surface area contributed by atoms with Crippen LogP contribution in [0.2, 0.25) is 0 Å². The second kappa shape index (κ2) is 9.04. The molecule has 4 rings (SSSR count). The highest BCUT2D eigenvalue weighted by molar-refractivity contribution is 5.79. The Morgan fingerprint density at radius 3 is 2.43 bits per heavy atom. The quantitative estimate of drug-likeness (QED) is 0.851. The van der Waals surface area contributed by atoms with E-state index in [0.717, 1.165) is 50.3 Å². The van der Waals surface area contributed by atoms with Crippen molar-refractivity contribution in [1.82, 2.24) is 15.3 Å². The summed E-state index contributed by atoms with van der Waals surface area (Å²) in [6.45, 7) is 1.57. The van der Waals surface area contributed by atoms with Gasteiger partial charge in [0, 0.05) is 37.4 Å². The van der Waals surface area contributed by atoms with Crippen LogP contribution in [0.3, 0.4) is 0 Å². The zero-order valence-electron chi connectivity index (χ0n) is 16.2. The van der Waals surface area contributed by atoms with E-state index in [-0.39, 0.29) is 11.8 Å². The number of amides is 1. The van der Waals surface area contributed by atoms with Gasteiger partial charge in [-0.3, -0.25) is 4.79 Å². The Balaban J connectivity index is 1.35. The number of carbonyl (C=O) groups is 1. The molecule has 1 saturated carbocycles. The molecule has 28 heavy (non-hydrogen) atoms. The second-order valence-corrected chi connectivity index (χ2v) is 7.71. The van der Waals surface area contributed by atoms with Crippen LogP contribution in [-0.2, 0) is 4.79 Å². The molecule has 2 heterocycles. The maximum absolute atomic E-state index is 12.6. The summed E-state index contributed by atoms with van der Waals surface area (Å²) in [6, 6.07) is 10.0. The normalized spacial score (nSPS) is 18.6. The first-order chi connectivity index (χ1) is 13.8. The Labute approximate surface area is 166 Å². The van der Waals surface area contributed by atoms with E-state index >= 15 is 0 Å². The summed E-state index contributed by atoms with van der Waals surface area (Å²) in [6.07, 6.45) is 11.0. The number of carbonyl (C=O) groups excluding carboxylic acids is 1. The maximum Gasteiger partial charge on any atom is 0.263 e. The van der Waals surface area contributed by atoms with Gasteiger partial charge in [0.2, 0.25) is 5.91 Å². The van der Waals surface area contributed by atoms with Gasteiger partial charge in [-0.05, 0) is 37.8 Å². The summed E-state index contributed by atoms with van der Waals surface area (Å²) in [5.41, 5.74) is 0. The van der Waals surface area contributed by atoms with Crippen molar-refractivity contribution < 1.29 is 9.53 Å². The molecule has 1 aliphatic heterocycles. The topological polar surface area (TPSA) is 67.4 Å². The average Bonchev–Trinajstić information content (AvgIpc) is 2.76. The number of rotatable bonds is 5. The number of benzene rings is 1. The Morgan fingerprint density at radius 2 is 1.68 bits per heavy atom. The van der Waals surface area contributed by atoms with Gasteiger partial charge in [0.25, 0.3) is 5.88 Å². The van der Waals surface area contributed by atoms with Crippen molar-refractivity contribution in [3.63, 3.8) is 0 Å². The Kier molecular flexibility index (Phi) is 6.04. The highest BCUT2D eigenvalue weighted by atomic mass is 16.5. The first-order valence-corrected chi connectivity index (χ1v) is 10.4. The van der Waals surface area contributed by atoms with E-state index in [2.05, 4.69) is 20.2 Å². The summed E-state index contributed by atoms with van der Waals surface area (Å²) in [5.74, 6) is 2.32. The fourth-order valence-electron chi connectivity index (χ4n) is 4.13. The summed E-state index contributed by atoms with van der Waals surface area (Å²) in [5, 5.41) is 3.28. The monoisotopic (exact) mass is 380 g/mol. The molecule has 1 amide bonds. The van der Waals surface area contributed by atoms with Gasteiger partial charge in [-0.1, -0.05) is 37.5 Å². The van der Waals surface area contributed by atoms with Crippen molar-refractivity contribution in [2.24, 2.45) is 5.92 Å². The van der Waals surface area contributed by atoms with Crippen LogP contribution in [-0.4, -0.2) is 35.0 Å². The third-order valence-electron chi connectivity index (χ3n) is 5.72. The van der Waals surface area contributed by atoms with E-state index in [9.17, 15) is 4.79 Å². The molecule has 148 valence electrons. The molecular weight excluding hydrogens is 352 g/mol. The molecule has 2 aromatic rings. The predicted molar refractivity (Wildman–Crippen MR) is 109 cm³/mol. The van der Waals surface area contributed by atoms with Gasteiger partial charge in [-0.15, -0.1) is 0 Å². The number of para-hydroxylation sites is 1. The van der Waals surface area contributed by atoms with Crippen molar-refractivity contribution in [1.29, 1.82) is 0 Å². The first-order valence-electron chi connectivity index (χ1n) is 10.4. The molecule has 0 unspecified atom stereocenters. The van der Waals surface area contributed by atoms with Gasteiger partial charge < -0.3 is 15.0 Å². The fourth-order valence-corrected chi connectivity index (χ4v) is 4.13. The van der Waals surface area contributed by atoms with Gasteiger partial charge >= 0.3 is 0 Å². The number of piperidine rings is 1. The molecule has 2 fully saturated rings. The highest BCUT2D eigenvalue weighted by Crippen LogP contribution is 2.31.